The third-order valence-electron chi connectivity index (χ3n) is 2.91. The van der Waals surface area contributed by atoms with E-state index in [1.807, 2.05) is 23.8 Å². The largest absolute Gasteiger partial charge is 0.476 e. The molecule has 0 amide bonds. The lowest BCUT2D eigenvalue weighted by Gasteiger charge is -2.00. The predicted molar refractivity (Wildman–Crippen MR) is 73.1 cm³/mol. The molecule has 0 bridgehead atoms. The maximum atomic E-state index is 11.0. The molecule has 0 fully saturated rings. The first-order chi connectivity index (χ1) is 10.2. The van der Waals surface area contributed by atoms with Crippen molar-refractivity contribution >= 4 is 17.3 Å². The van der Waals surface area contributed by atoms with E-state index in [-0.39, 0.29) is 12.2 Å². The number of rotatable bonds is 5. The van der Waals surface area contributed by atoms with Gasteiger partial charge in [-0.1, -0.05) is 17.3 Å². The molecular formula is C12H11N5O3S. The second-order valence-corrected chi connectivity index (χ2v) is 5.00. The van der Waals surface area contributed by atoms with Gasteiger partial charge in [-0.15, -0.1) is 5.10 Å². The summed E-state index contributed by atoms with van der Waals surface area (Å²) in [6.45, 7) is 2.03. The fourth-order valence-corrected chi connectivity index (χ4v) is 2.57. The Morgan fingerprint density at radius 3 is 3.05 bits per heavy atom. The predicted octanol–water partition coefficient (Wildman–Crippen LogP) is 1.70. The van der Waals surface area contributed by atoms with Crippen molar-refractivity contribution in [3.63, 3.8) is 0 Å². The van der Waals surface area contributed by atoms with Crippen molar-refractivity contribution in [2.45, 2.75) is 19.9 Å². The first-order valence-electron chi connectivity index (χ1n) is 6.19. The number of carbonyl (C=O) groups is 1. The van der Waals surface area contributed by atoms with E-state index in [0.717, 1.165) is 5.56 Å². The van der Waals surface area contributed by atoms with Gasteiger partial charge in [-0.2, -0.15) is 16.3 Å². The highest BCUT2D eigenvalue weighted by Crippen LogP contribution is 2.19. The summed E-state index contributed by atoms with van der Waals surface area (Å²) in [5.41, 5.74) is 1.36. The summed E-state index contributed by atoms with van der Waals surface area (Å²) >= 11 is 1.55. The van der Waals surface area contributed by atoms with Gasteiger partial charge in [-0.25, -0.2) is 9.48 Å². The number of hydrogen-bond acceptors (Lipinski definition) is 7. The Kier molecular flexibility index (Phi) is 3.48. The third kappa shape index (κ3) is 2.55. The number of carboxylic acid groups (broad SMARTS) is 1. The van der Waals surface area contributed by atoms with Gasteiger partial charge in [0.2, 0.25) is 11.7 Å². The molecule has 3 aromatic rings. The van der Waals surface area contributed by atoms with E-state index in [1.165, 1.54) is 4.68 Å². The van der Waals surface area contributed by atoms with Crippen LogP contribution in [-0.2, 0) is 13.0 Å². The average Bonchev–Trinajstić information content (AvgIpc) is 3.18. The van der Waals surface area contributed by atoms with Gasteiger partial charge in [-0.3, -0.25) is 0 Å². The summed E-state index contributed by atoms with van der Waals surface area (Å²) in [7, 11) is 0. The molecule has 1 N–H and O–H groups in total. The van der Waals surface area contributed by atoms with Gasteiger partial charge in [-0.05, 0) is 17.9 Å². The van der Waals surface area contributed by atoms with Crippen molar-refractivity contribution in [1.29, 1.82) is 0 Å². The minimum atomic E-state index is -1.09. The quantitative estimate of drug-likeness (QED) is 0.764. The second-order valence-electron chi connectivity index (χ2n) is 4.22. The molecular weight excluding hydrogens is 294 g/mol. The normalized spacial score (nSPS) is 10.9. The summed E-state index contributed by atoms with van der Waals surface area (Å²) in [4.78, 5) is 15.3. The minimum Gasteiger partial charge on any atom is -0.476 e. The van der Waals surface area contributed by atoms with E-state index < -0.39 is 5.97 Å². The van der Waals surface area contributed by atoms with E-state index in [0.29, 0.717) is 23.8 Å². The van der Waals surface area contributed by atoms with Gasteiger partial charge in [0.05, 0.1) is 5.69 Å². The molecule has 21 heavy (non-hydrogen) atoms. The molecule has 9 heteroatoms. The molecule has 0 radical (unpaired) electrons. The van der Waals surface area contributed by atoms with E-state index >= 15 is 0 Å². The van der Waals surface area contributed by atoms with E-state index in [2.05, 4.69) is 20.5 Å². The SMILES string of the molecule is CCc1c(C(=O)O)nnn1Cc1nc(-c2ccsc2)no1. The summed E-state index contributed by atoms with van der Waals surface area (Å²) in [5, 5.41) is 24.3. The number of aromatic nitrogens is 5. The van der Waals surface area contributed by atoms with Crippen LogP contribution in [0.3, 0.4) is 0 Å². The fourth-order valence-electron chi connectivity index (χ4n) is 1.93. The number of thiophene rings is 1. The van der Waals surface area contributed by atoms with Gasteiger partial charge >= 0.3 is 5.97 Å². The van der Waals surface area contributed by atoms with Gasteiger partial charge in [0.25, 0.3) is 0 Å². The number of aromatic carboxylic acids is 1. The monoisotopic (exact) mass is 305 g/mol. The molecule has 0 atom stereocenters. The number of nitrogens with zero attached hydrogens (tertiary/aromatic N) is 5. The lowest BCUT2D eigenvalue weighted by atomic mass is 10.2. The van der Waals surface area contributed by atoms with Crippen LogP contribution in [0.2, 0.25) is 0 Å². The molecule has 0 spiro atoms. The molecule has 3 rings (SSSR count). The van der Waals surface area contributed by atoms with Crippen LogP contribution >= 0.6 is 11.3 Å². The van der Waals surface area contributed by atoms with Crippen molar-refractivity contribution < 1.29 is 14.4 Å². The Morgan fingerprint density at radius 1 is 1.52 bits per heavy atom. The van der Waals surface area contributed by atoms with Crippen molar-refractivity contribution in [3.8, 4) is 11.4 Å². The molecule has 0 aliphatic heterocycles. The van der Waals surface area contributed by atoms with Gasteiger partial charge in [0.15, 0.2) is 5.69 Å². The van der Waals surface area contributed by atoms with Crippen LogP contribution in [0.1, 0.15) is 29.0 Å². The Hall–Kier alpha value is -2.55. The van der Waals surface area contributed by atoms with Crippen LogP contribution in [-0.4, -0.2) is 36.2 Å². The van der Waals surface area contributed by atoms with Gasteiger partial charge < -0.3 is 9.63 Å². The number of carboxylic acids is 1. The first kappa shape index (κ1) is 13.4. The standard InChI is InChI=1S/C12H11N5O3S/c1-2-8-10(12(18)19)14-16-17(8)5-9-13-11(15-20-9)7-3-4-21-6-7/h3-4,6H,2,5H2,1H3,(H,18,19). The molecule has 0 aliphatic rings. The molecule has 0 saturated carbocycles. The lowest BCUT2D eigenvalue weighted by molar-refractivity contribution is 0.0689. The second kappa shape index (κ2) is 5.44. The summed E-state index contributed by atoms with van der Waals surface area (Å²) in [6.07, 6.45) is 0.500. The van der Waals surface area contributed by atoms with Crippen LogP contribution in [0, 0.1) is 0 Å². The molecule has 8 nitrogen and oxygen atoms in total. The summed E-state index contributed by atoms with van der Waals surface area (Å²) in [5.74, 6) is -0.238. The highest BCUT2D eigenvalue weighted by Gasteiger charge is 2.19. The molecule has 0 saturated heterocycles. The Morgan fingerprint density at radius 2 is 2.38 bits per heavy atom. The highest BCUT2D eigenvalue weighted by molar-refractivity contribution is 7.08. The topological polar surface area (TPSA) is 107 Å². The fraction of sp³-hybridized carbons (Fsp3) is 0.250. The maximum absolute atomic E-state index is 11.0. The van der Waals surface area contributed by atoms with Gasteiger partial charge in [0.1, 0.15) is 6.54 Å². The summed E-state index contributed by atoms with van der Waals surface area (Å²) in [6, 6.07) is 1.90. The highest BCUT2D eigenvalue weighted by atomic mass is 32.1. The average molecular weight is 305 g/mol. The maximum Gasteiger partial charge on any atom is 0.358 e. The van der Waals surface area contributed by atoms with Crippen molar-refractivity contribution in [2.24, 2.45) is 0 Å². The lowest BCUT2D eigenvalue weighted by Crippen LogP contribution is -2.08. The van der Waals surface area contributed by atoms with E-state index in [1.54, 1.807) is 11.3 Å². The molecule has 108 valence electrons. The zero-order chi connectivity index (χ0) is 14.8. The van der Waals surface area contributed by atoms with Crippen molar-refractivity contribution in [3.05, 3.63) is 34.1 Å². The smallest absolute Gasteiger partial charge is 0.358 e. The van der Waals surface area contributed by atoms with Gasteiger partial charge in [0, 0.05) is 10.9 Å². The van der Waals surface area contributed by atoms with Crippen LogP contribution in [0.15, 0.2) is 21.3 Å². The number of hydrogen-bond donors (Lipinski definition) is 1. The van der Waals surface area contributed by atoms with Crippen LogP contribution in [0.4, 0.5) is 0 Å². The zero-order valence-electron chi connectivity index (χ0n) is 11.1. The molecule has 0 unspecified atom stereocenters. The Labute approximate surface area is 123 Å². The Bertz CT molecular complexity index is 762. The zero-order valence-corrected chi connectivity index (χ0v) is 11.9. The van der Waals surface area contributed by atoms with Crippen LogP contribution in [0.5, 0.6) is 0 Å². The molecule has 3 heterocycles. The Balaban J connectivity index is 1.86. The third-order valence-corrected chi connectivity index (χ3v) is 3.59. The van der Waals surface area contributed by atoms with Crippen LogP contribution < -0.4 is 0 Å². The van der Waals surface area contributed by atoms with Crippen LogP contribution in [0.25, 0.3) is 11.4 Å². The minimum absolute atomic E-state index is 0.0462. The van der Waals surface area contributed by atoms with Crippen molar-refractivity contribution in [1.82, 2.24) is 25.1 Å². The molecule has 3 aromatic heterocycles. The first-order valence-corrected chi connectivity index (χ1v) is 7.14. The van der Waals surface area contributed by atoms with E-state index in [4.69, 9.17) is 9.63 Å². The molecule has 0 aliphatic carbocycles. The van der Waals surface area contributed by atoms with E-state index in [9.17, 15) is 4.79 Å². The van der Waals surface area contributed by atoms with Crippen molar-refractivity contribution in [2.75, 3.05) is 0 Å². The molecule has 0 aromatic carbocycles. The summed E-state index contributed by atoms with van der Waals surface area (Å²) < 4.78 is 6.64.